The van der Waals surface area contributed by atoms with Crippen LogP contribution in [0.2, 0.25) is 0 Å². The van der Waals surface area contributed by atoms with Crippen LogP contribution in [-0.4, -0.2) is 42.7 Å². The third-order valence-corrected chi connectivity index (χ3v) is 3.41. The Bertz CT molecular complexity index is 696. The molecule has 1 atom stereocenters. The molecule has 0 aliphatic carbocycles. The molecule has 0 radical (unpaired) electrons. The summed E-state index contributed by atoms with van der Waals surface area (Å²) in [6.45, 7) is 0.304. The van der Waals surface area contributed by atoms with Crippen molar-refractivity contribution in [1.29, 1.82) is 0 Å². The maximum absolute atomic E-state index is 9.49. The quantitative estimate of drug-likeness (QED) is 0.362. The average Bonchev–Trinajstić information content (AvgIpc) is 2.59. The summed E-state index contributed by atoms with van der Waals surface area (Å²) in [5.41, 5.74) is 19.6. The van der Waals surface area contributed by atoms with Crippen LogP contribution in [-0.2, 0) is 0 Å². The molecule has 2 aromatic carbocycles. The average molecular weight is 348 g/mol. The van der Waals surface area contributed by atoms with Crippen molar-refractivity contribution in [2.24, 2.45) is 0 Å². The fraction of sp³-hybridized carbons (Fsp3) is 0.294. The highest BCUT2D eigenvalue weighted by Crippen LogP contribution is 2.27. The predicted molar refractivity (Wildman–Crippen MR) is 98.7 cm³/mol. The minimum Gasteiger partial charge on any atom is -0.487 e. The van der Waals surface area contributed by atoms with Crippen molar-refractivity contribution in [2.75, 3.05) is 48.9 Å². The molecule has 9 N–H and O–H groups in total. The zero-order chi connectivity index (χ0) is 18.2. The summed E-state index contributed by atoms with van der Waals surface area (Å²) in [4.78, 5) is 0. The van der Waals surface area contributed by atoms with E-state index in [0.717, 1.165) is 5.69 Å². The zero-order valence-electron chi connectivity index (χ0n) is 13.8. The van der Waals surface area contributed by atoms with E-state index in [1.165, 1.54) is 0 Å². The Balaban J connectivity index is 1.96. The number of ether oxygens (including phenoxy) is 2. The molecule has 2 aromatic rings. The minimum atomic E-state index is -0.613. The molecule has 0 amide bonds. The van der Waals surface area contributed by atoms with Gasteiger partial charge in [-0.1, -0.05) is 0 Å². The lowest BCUT2D eigenvalue weighted by molar-refractivity contribution is 0.0726. The van der Waals surface area contributed by atoms with E-state index in [1.807, 2.05) is 0 Å². The number of rotatable bonds is 9. The Morgan fingerprint density at radius 2 is 1.68 bits per heavy atom. The van der Waals surface area contributed by atoms with Gasteiger partial charge in [0.15, 0.2) is 6.10 Å². The number of nitrogen functional groups attached to an aromatic ring is 3. The van der Waals surface area contributed by atoms with Crippen LogP contribution in [0.15, 0.2) is 36.4 Å². The molecule has 0 spiro atoms. The highest BCUT2D eigenvalue weighted by molar-refractivity contribution is 5.62. The Labute approximate surface area is 146 Å². The standard InChI is InChI=1S/C17H24N4O4/c18-11-1-3-17(14(19)7-11)25-13(9-23)10-24-16-4-2-12(8-15(16)20)21-5-6-22/h1-4,7-8,13,21-23H,5-6,9-10,18-20H2. The summed E-state index contributed by atoms with van der Waals surface area (Å²) in [5.74, 6) is 0.898. The smallest absolute Gasteiger partial charge is 0.156 e. The van der Waals surface area contributed by atoms with Crippen molar-refractivity contribution in [3.05, 3.63) is 36.4 Å². The first-order valence-corrected chi connectivity index (χ1v) is 7.83. The number of nitrogens with one attached hydrogen (secondary N) is 1. The van der Waals surface area contributed by atoms with Gasteiger partial charge in [0, 0.05) is 17.9 Å². The van der Waals surface area contributed by atoms with E-state index in [4.69, 9.17) is 31.8 Å². The number of benzene rings is 2. The van der Waals surface area contributed by atoms with Gasteiger partial charge in [-0.05, 0) is 36.4 Å². The third kappa shape index (κ3) is 5.33. The molecule has 0 saturated heterocycles. The van der Waals surface area contributed by atoms with E-state index < -0.39 is 6.10 Å². The lowest BCUT2D eigenvalue weighted by Crippen LogP contribution is -2.29. The maximum Gasteiger partial charge on any atom is 0.156 e. The molecular formula is C17H24N4O4. The van der Waals surface area contributed by atoms with Crippen LogP contribution >= 0.6 is 0 Å². The number of anilines is 4. The van der Waals surface area contributed by atoms with Crippen LogP contribution in [0, 0.1) is 0 Å². The van der Waals surface area contributed by atoms with Crippen LogP contribution in [0.25, 0.3) is 0 Å². The molecule has 0 aliphatic rings. The predicted octanol–water partition coefficient (Wildman–Crippen LogP) is 0.656. The number of aliphatic hydroxyl groups is 2. The fourth-order valence-corrected chi connectivity index (χ4v) is 2.15. The van der Waals surface area contributed by atoms with Crippen molar-refractivity contribution in [2.45, 2.75) is 6.10 Å². The number of hydrogen-bond donors (Lipinski definition) is 6. The third-order valence-electron chi connectivity index (χ3n) is 3.41. The van der Waals surface area contributed by atoms with E-state index in [0.29, 0.717) is 35.1 Å². The first-order chi connectivity index (χ1) is 12.0. The van der Waals surface area contributed by atoms with Crippen LogP contribution < -0.4 is 32.0 Å². The highest BCUT2D eigenvalue weighted by Gasteiger charge is 2.13. The fourth-order valence-electron chi connectivity index (χ4n) is 2.15. The molecule has 0 heterocycles. The zero-order valence-corrected chi connectivity index (χ0v) is 13.8. The molecule has 0 aromatic heterocycles. The first kappa shape index (κ1) is 18.5. The second-order valence-electron chi connectivity index (χ2n) is 5.43. The normalized spacial score (nSPS) is 11.8. The molecular weight excluding hydrogens is 324 g/mol. The Kier molecular flexibility index (Phi) is 6.55. The van der Waals surface area contributed by atoms with Gasteiger partial charge in [0.25, 0.3) is 0 Å². The Morgan fingerprint density at radius 1 is 0.960 bits per heavy atom. The molecule has 0 saturated carbocycles. The van der Waals surface area contributed by atoms with E-state index in [9.17, 15) is 5.11 Å². The largest absolute Gasteiger partial charge is 0.487 e. The summed E-state index contributed by atoms with van der Waals surface area (Å²) < 4.78 is 11.3. The summed E-state index contributed by atoms with van der Waals surface area (Å²) in [6.07, 6.45) is -0.613. The van der Waals surface area contributed by atoms with Gasteiger partial charge in [-0.3, -0.25) is 0 Å². The molecule has 8 nitrogen and oxygen atoms in total. The van der Waals surface area contributed by atoms with Crippen molar-refractivity contribution in [3.8, 4) is 11.5 Å². The van der Waals surface area contributed by atoms with Gasteiger partial charge in [-0.2, -0.15) is 0 Å². The van der Waals surface area contributed by atoms with Gasteiger partial charge in [-0.25, -0.2) is 0 Å². The highest BCUT2D eigenvalue weighted by atomic mass is 16.5. The molecule has 1 unspecified atom stereocenters. The van der Waals surface area contributed by atoms with E-state index in [-0.39, 0.29) is 19.8 Å². The molecule has 0 aliphatic heterocycles. The molecule has 2 rings (SSSR count). The Hall–Kier alpha value is -2.84. The summed E-state index contributed by atoms with van der Waals surface area (Å²) in [6, 6.07) is 10.1. The molecule has 0 fully saturated rings. The Morgan fingerprint density at radius 3 is 2.32 bits per heavy atom. The lowest BCUT2D eigenvalue weighted by atomic mass is 10.2. The van der Waals surface area contributed by atoms with E-state index in [1.54, 1.807) is 36.4 Å². The van der Waals surface area contributed by atoms with E-state index >= 15 is 0 Å². The second kappa shape index (κ2) is 8.86. The second-order valence-corrected chi connectivity index (χ2v) is 5.43. The van der Waals surface area contributed by atoms with Crippen molar-refractivity contribution in [1.82, 2.24) is 0 Å². The van der Waals surface area contributed by atoms with Crippen LogP contribution in [0.4, 0.5) is 22.7 Å². The molecule has 136 valence electrons. The SMILES string of the molecule is Nc1ccc(OC(CO)COc2ccc(NCCO)cc2N)c(N)c1. The topological polar surface area (TPSA) is 149 Å². The van der Waals surface area contributed by atoms with Crippen molar-refractivity contribution < 1.29 is 19.7 Å². The molecule has 25 heavy (non-hydrogen) atoms. The maximum atomic E-state index is 9.49. The number of nitrogens with two attached hydrogens (primary N) is 3. The number of hydrogen-bond acceptors (Lipinski definition) is 8. The summed E-state index contributed by atoms with van der Waals surface area (Å²) in [5, 5.41) is 21.3. The van der Waals surface area contributed by atoms with Gasteiger partial charge in [0.05, 0.1) is 24.6 Å². The number of aliphatic hydroxyl groups excluding tert-OH is 2. The first-order valence-electron chi connectivity index (χ1n) is 7.83. The summed E-state index contributed by atoms with van der Waals surface area (Å²) in [7, 11) is 0. The van der Waals surface area contributed by atoms with Crippen LogP contribution in [0.1, 0.15) is 0 Å². The van der Waals surface area contributed by atoms with Gasteiger partial charge in [0.2, 0.25) is 0 Å². The van der Waals surface area contributed by atoms with Gasteiger partial charge in [-0.15, -0.1) is 0 Å². The molecule has 8 heteroatoms. The van der Waals surface area contributed by atoms with Gasteiger partial charge >= 0.3 is 0 Å². The molecule has 0 bridgehead atoms. The monoisotopic (exact) mass is 348 g/mol. The van der Waals surface area contributed by atoms with E-state index in [2.05, 4.69) is 5.32 Å². The minimum absolute atomic E-state index is 0.0297. The van der Waals surface area contributed by atoms with Gasteiger partial charge in [0.1, 0.15) is 18.1 Å². The van der Waals surface area contributed by atoms with Crippen molar-refractivity contribution in [3.63, 3.8) is 0 Å². The van der Waals surface area contributed by atoms with Crippen LogP contribution in [0.3, 0.4) is 0 Å². The van der Waals surface area contributed by atoms with Crippen molar-refractivity contribution >= 4 is 22.7 Å². The lowest BCUT2D eigenvalue weighted by Gasteiger charge is -2.19. The summed E-state index contributed by atoms with van der Waals surface area (Å²) >= 11 is 0. The van der Waals surface area contributed by atoms with Gasteiger partial charge < -0.3 is 42.2 Å². The van der Waals surface area contributed by atoms with Crippen LogP contribution in [0.5, 0.6) is 11.5 Å².